The molecule has 0 aromatic rings. The molecular formula is C8H19NO3. The average molecular weight is 177 g/mol. The molecule has 0 fully saturated rings. The highest BCUT2D eigenvalue weighted by Gasteiger charge is 2.22. The van der Waals surface area contributed by atoms with E-state index in [2.05, 4.69) is 6.92 Å². The Kier molecular flexibility index (Phi) is 6.28. The van der Waals surface area contributed by atoms with Crippen LogP contribution in [0.25, 0.3) is 0 Å². The van der Waals surface area contributed by atoms with Gasteiger partial charge in [-0.3, -0.25) is 0 Å². The molecule has 0 amide bonds. The Hall–Kier alpha value is -0.160. The Labute approximate surface area is 73.3 Å². The van der Waals surface area contributed by atoms with Crippen LogP contribution in [0.2, 0.25) is 0 Å². The quantitative estimate of drug-likeness (QED) is 0.458. The van der Waals surface area contributed by atoms with E-state index in [9.17, 15) is 0 Å². The number of nitrogens with two attached hydrogens (primary N) is 1. The molecule has 12 heavy (non-hydrogen) atoms. The molecule has 74 valence electrons. The first-order valence-corrected chi connectivity index (χ1v) is 4.27. The van der Waals surface area contributed by atoms with E-state index >= 15 is 0 Å². The minimum atomic E-state index is -0.978. The summed E-state index contributed by atoms with van der Waals surface area (Å²) in [6.45, 7) is 2.40. The van der Waals surface area contributed by atoms with E-state index in [0.29, 0.717) is 6.61 Å². The van der Waals surface area contributed by atoms with Crippen LogP contribution in [0.5, 0.6) is 0 Å². The van der Waals surface area contributed by atoms with Gasteiger partial charge in [0, 0.05) is 6.61 Å². The van der Waals surface area contributed by atoms with Crippen molar-refractivity contribution < 1.29 is 14.9 Å². The summed E-state index contributed by atoms with van der Waals surface area (Å²) in [7, 11) is 0. The first-order chi connectivity index (χ1) is 5.68. The fraction of sp³-hybridized carbons (Fsp3) is 1.00. The van der Waals surface area contributed by atoms with Gasteiger partial charge >= 0.3 is 0 Å². The van der Waals surface area contributed by atoms with E-state index in [1.807, 2.05) is 0 Å². The minimum absolute atomic E-state index is 0.208. The van der Waals surface area contributed by atoms with Gasteiger partial charge < -0.3 is 20.7 Å². The summed E-state index contributed by atoms with van der Waals surface area (Å²) in [6, 6.07) is 0. The maximum absolute atomic E-state index is 8.78. The van der Waals surface area contributed by atoms with E-state index in [1.54, 1.807) is 0 Å². The Balaban J connectivity index is 3.45. The Morgan fingerprint density at radius 3 is 2.33 bits per heavy atom. The lowest BCUT2D eigenvalue weighted by atomic mass is 10.1. The molecule has 4 N–H and O–H groups in total. The summed E-state index contributed by atoms with van der Waals surface area (Å²) in [5.41, 5.74) is 4.58. The van der Waals surface area contributed by atoms with Crippen molar-refractivity contribution in [1.82, 2.24) is 0 Å². The first-order valence-electron chi connectivity index (χ1n) is 4.27. The number of aliphatic hydroxyl groups excluding tert-OH is 2. The highest BCUT2D eigenvalue weighted by atomic mass is 16.5. The largest absolute Gasteiger partial charge is 0.394 e. The maximum atomic E-state index is 8.78. The van der Waals surface area contributed by atoms with Crippen LogP contribution in [0, 0.1) is 0 Å². The summed E-state index contributed by atoms with van der Waals surface area (Å²) in [6.07, 6.45) is 2.04. The zero-order chi connectivity index (χ0) is 9.45. The second-order valence-electron chi connectivity index (χ2n) is 3.08. The molecule has 0 aromatic heterocycles. The number of unbranched alkanes of at least 4 members (excludes halogenated alkanes) is 1. The Morgan fingerprint density at radius 2 is 1.92 bits per heavy atom. The van der Waals surface area contributed by atoms with Gasteiger partial charge in [-0.15, -0.1) is 0 Å². The number of rotatable bonds is 7. The number of hydrogen-bond acceptors (Lipinski definition) is 4. The molecule has 0 saturated carbocycles. The van der Waals surface area contributed by atoms with Gasteiger partial charge in [-0.25, -0.2) is 0 Å². The molecular weight excluding hydrogens is 158 g/mol. The molecule has 0 bridgehead atoms. The van der Waals surface area contributed by atoms with Gasteiger partial charge in [0.25, 0.3) is 0 Å². The van der Waals surface area contributed by atoms with Crippen LogP contribution in [0.15, 0.2) is 0 Å². The van der Waals surface area contributed by atoms with Gasteiger partial charge in [0.1, 0.15) is 0 Å². The fourth-order valence-corrected chi connectivity index (χ4v) is 0.663. The van der Waals surface area contributed by atoms with Crippen molar-refractivity contribution in [3.05, 3.63) is 0 Å². The van der Waals surface area contributed by atoms with Gasteiger partial charge in [-0.2, -0.15) is 0 Å². The highest BCUT2D eigenvalue weighted by Crippen LogP contribution is 1.99. The van der Waals surface area contributed by atoms with E-state index in [4.69, 9.17) is 20.7 Å². The standard InChI is InChI=1S/C8H19NO3/c1-2-3-4-12-7-8(9,5-10)6-11/h10-11H,2-7,9H2,1H3. The third-order valence-corrected chi connectivity index (χ3v) is 1.66. The summed E-state index contributed by atoms with van der Waals surface area (Å²) >= 11 is 0. The number of aliphatic hydroxyl groups is 2. The summed E-state index contributed by atoms with van der Waals surface area (Å²) in [5.74, 6) is 0. The summed E-state index contributed by atoms with van der Waals surface area (Å²) < 4.78 is 5.18. The van der Waals surface area contributed by atoms with Crippen molar-refractivity contribution in [3.8, 4) is 0 Å². The van der Waals surface area contributed by atoms with Crippen LogP contribution in [-0.2, 0) is 4.74 Å². The second kappa shape index (κ2) is 6.37. The van der Waals surface area contributed by atoms with Crippen LogP contribution in [0.3, 0.4) is 0 Å². The van der Waals surface area contributed by atoms with Crippen LogP contribution < -0.4 is 5.73 Å². The molecule has 0 spiro atoms. The van der Waals surface area contributed by atoms with Crippen molar-refractivity contribution in [2.45, 2.75) is 25.3 Å². The van der Waals surface area contributed by atoms with Crippen LogP contribution in [0.4, 0.5) is 0 Å². The molecule has 0 radical (unpaired) electrons. The van der Waals surface area contributed by atoms with E-state index in [1.165, 1.54) is 0 Å². The van der Waals surface area contributed by atoms with Crippen LogP contribution >= 0.6 is 0 Å². The van der Waals surface area contributed by atoms with E-state index < -0.39 is 5.54 Å². The predicted octanol–water partition coefficient (Wildman–Crippen LogP) is -0.515. The smallest absolute Gasteiger partial charge is 0.0859 e. The van der Waals surface area contributed by atoms with E-state index in [0.717, 1.165) is 12.8 Å². The molecule has 4 nitrogen and oxygen atoms in total. The monoisotopic (exact) mass is 177 g/mol. The SMILES string of the molecule is CCCCOCC(N)(CO)CO. The molecule has 0 aliphatic heterocycles. The van der Waals surface area contributed by atoms with Crippen LogP contribution in [0.1, 0.15) is 19.8 Å². The lowest BCUT2D eigenvalue weighted by Gasteiger charge is -2.23. The maximum Gasteiger partial charge on any atom is 0.0859 e. The predicted molar refractivity (Wildman–Crippen MR) is 46.8 cm³/mol. The number of ether oxygens (including phenoxy) is 1. The zero-order valence-corrected chi connectivity index (χ0v) is 7.62. The Bertz CT molecular complexity index is 104. The molecule has 0 unspecified atom stereocenters. The molecule has 0 aliphatic rings. The summed E-state index contributed by atoms with van der Waals surface area (Å²) in [4.78, 5) is 0. The topological polar surface area (TPSA) is 75.7 Å². The van der Waals surface area contributed by atoms with Crippen molar-refractivity contribution in [2.24, 2.45) is 5.73 Å². The van der Waals surface area contributed by atoms with Gasteiger partial charge in [0.05, 0.1) is 25.4 Å². The molecule has 0 aliphatic carbocycles. The van der Waals surface area contributed by atoms with Gasteiger partial charge in [0.2, 0.25) is 0 Å². The van der Waals surface area contributed by atoms with Gasteiger partial charge in [-0.05, 0) is 6.42 Å². The highest BCUT2D eigenvalue weighted by molar-refractivity contribution is 4.81. The third kappa shape index (κ3) is 4.66. The third-order valence-electron chi connectivity index (χ3n) is 1.66. The van der Waals surface area contributed by atoms with Crippen LogP contribution in [-0.4, -0.2) is 42.2 Å². The van der Waals surface area contributed by atoms with Gasteiger partial charge in [-0.1, -0.05) is 13.3 Å². The first kappa shape index (κ1) is 11.8. The molecule has 0 rings (SSSR count). The van der Waals surface area contributed by atoms with Crippen molar-refractivity contribution in [3.63, 3.8) is 0 Å². The van der Waals surface area contributed by atoms with Crippen molar-refractivity contribution in [1.29, 1.82) is 0 Å². The normalized spacial score (nSPS) is 12.0. The van der Waals surface area contributed by atoms with Gasteiger partial charge in [0.15, 0.2) is 0 Å². The molecule has 4 heteroatoms. The fourth-order valence-electron chi connectivity index (χ4n) is 0.663. The summed E-state index contributed by atoms with van der Waals surface area (Å²) in [5, 5.41) is 17.6. The minimum Gasteiger partial charge on any atom is -0.394 e. The lowest BCUT2D eigenvalue weighted by molar-refractivity contribution is 0.0242. The molecule has 0 aromatic carbocycles. The Morgan fingerprint density at radius 1 is 1.33 bits per heavy atom. The molecule has 0 saturated heterocycles. The molecule has 0 heterocycles. The van der Waals surface area contributed by atoms with E-state index in [-0.39, 0.29) is 19.8 Å². The average Bonchev–Trinajstić information content (AvgIpc) is 2.12. The van der Waals surface area contributed by atoms with Crippen molar-refractivity contribution in [2.75, 3.05) is 26.4 Å². The second-order valence-corrected chi connectivity index (χ2v) is 3.08. The lowest BCUT2D eigenvalue weighted by Crippen LogP contribution is -2.51. The number of hydrogen-bond donors (Lipinski definition) is 3. The zero-order valence-electron chi connectivity index (χ0n) is 7.62. The molecule has 0 atom stereocenters. The van der Waals surface area contributed by atoms with Crippen molar-refractivity contribution >= 4 is 0 Å².